The van der Waals surface area contributed by atoms with Gasteiger partial charge in [0.2, 0.25) is 0 Å². The number of nitrogens with zero attached hydrogens (tertiary/aromatic N) is 2. The van der Waals surface area contributed by atoms with Crippen LogP contribution < -0.4 is 5.43 Å². The van der Waals surface area contributed by atoms with Crippen molar-refractivity contribution in [1.82, 2.24) is 15.4 Å². The number of carboxylic acids is 1. The number of hydrogen-bond acceptors (Lipinski definition) is 4. The minimum absolute atomic E-state index is 0.0984. The first-order valence-electron chi connectivity index (χ1n) is 4.19. The van der Waals surface area contributed by atoms with Crippen LogP contribution in [0.4, 0.5) is 0 Å². The third kappa shape index (κ3) is 2.75. The summed E-state index contributed by atoms with van der Waals surface area (Å²) in [5, 5.41) is 10.2. The summed E-state index contributed by atoms with van der Waals surface area (Å²) in [6.45, 7) is 0. The Morgan fingerprint density at radius 2 is 2.13 bits per heavy atom. The number of aromatic nitrogens is 1. The minimum Gasteiger partial charge on any atom is -0.478 e. The van der Waals surface area contributed by atoms with Gasteiger partial charge in [0.05, 0.1) is 5.56 Å². The molecule has 0 spiro atoms. The van der Waals surface area contributed by atoms with Crippen LogP contribution in [0.5, 0.6) is 0 Å². The molecule has 1 aromatic rings. The van der Waals surface area contributed by atoms with Crippen LogP contribution in [0, 0.1) is 0 Å². The zero-order chi connectivity index (χ0) is 11.4. The lowest BCUT2D eigenvalue weighted by molar-refractivity contribution is 0.0685. The van der Waals surface area contributed by atoms with Gasteiger partial charge in [0.15, 0.2) is 0 Å². The van der Waals surface area contributed by atoms with Gasteiger partial charge in [-0.1, -0.05) is 0 Å². The van der Waals surface area contributed by atoms with Crippen LogP contribution in [0.3, 0.4) is 0 Å². The lowest BCUT2D eigenvalue weighted by Crippen LogP contribution is -2.37. The normalized spacial score (nSPS) is 10.1. The molecule has 0 atom stereocenters. The van der Waals surface area contributed by atoms with Crippen molar-refractivity contribution >= 4 is 11.9 Å². The van der Waals surface area contributed by atoms with Crippen molar-refractivity contribution in [2.24, 2.45) is 0 Å². The molecule has 1 aromatic heterocycles. The standard InChI is InChI=1S/C9H11N3O3/c1-12(2)11-8(13)7-6(9(14)15)4-3-5-10-7/h3-5H,1-2H3,(H,11,13)(H,14,15). The highest BCUT2D eigenvalue weighted by atomic mass is 16.4. The third-order valence-corrected chi connectivity index (χ3v) is 1.58. The molecular weight excluding hydrogens is 198 g/mol. The maximum Gasteiger partial charge on any atom is 0.338 e. The highest BCUT2D eigenvalue weighted by Gasteiger charge is 2.17. The number of pyridine rings is 1. The smallest absolute Gasteiger partial charge is 0.338 e. The summed E-state index contributed by atoms with van der Waals surface area (Å²) in [5.41, 5.74) is 2.21. The van der Waals surface area contributed by atoms with Crippen LogP contribution in [0.1, 0.15) is 20.8 Å². The van der Waals surface area contributed by atoms with E-state index in [9.17, 15) is 9.59 Å². The molecule has 0 bridgehead atoms. The van der Waals surface area contributed by atoms with Crippen molar-refractivity contribution in [2.45, 2.75) is 0 Å². The molecule has 0 aromatic carbocycles. The quantitative estimate of drug-likeness (QED) is 0.684. The number of rotatable bonds is 3. The van der Waals surface area contributed by atoms with E-state index in [1.807, 2.05) is 0 Å². The van der Waals surface area contributed by atoms with Crippen molar-refractivity contribution in [3.8, 4) is 0 Å². The van der Waals surface area contributed by atoms with E-state index in [1.165, 1.54) is 23.3 Å². The maximum atomic E-state index is 11.5. The molecule has 15 heavy (non-hydrogen) atoms. The first-order valence-corrected chi connectivity index (χ1v) is 4.19. The van der Waals surface area contributed by atoms with Gasteiger partial charge in [0.25, 0.3) is 5.91 Å². The first kappa shape index (κ1) is 11.1. The topological polar surface area (TPSA) is 82.5 Å². The average Bonchev–Trinajstić information content (AvgIpc) is 2.16. The van der Waals surface area contributed by atoms with Gasteiger partial charge < -0.3 is 5.11 Å². The lowest BCUT2D eigenvalue weighted by atomic mass is 10.2. The van der Waals surface area contributed by atoms with Crippen LogP contribution in [-0.4, -0.2) is 41.1 Å². The van der Waals surface area contributed by atoms with Gasteiger partial charge in [-0.3, -0.25) is 15.2 Å². The van der Waals surface area contributed by atoms with E-state index >= 15 is 0 Å². The zero-order valence-electron chi connectivity index (χ0n) is 8.39. The number of aromatic carboxylic acids is 1. The number of amides is 1. The highest BCUT2D eigenvalue weighted by Crippen LogP contribution is 2.04. The molecule has 0 aliphatic rings. The van der Waals surface area contributed by atoms with Gasteiger partial charge in [-0.05, 0) is 12.1 Å². The van der Waals surface area contributed by atoms with E-state index in [4.69, 9.17) is 5.11 Å². The molecule has 1 heterocycles. The molecule has 80 valence electrons. The molecule has 0 saturated heterocycles. The molecule has 0 aliphatic carbocycles. The van der Waals surface area contributed by atoms with Crippen LogP contribution in [0.15, 0.2) is 18.3 Å². The Hall–Kier alpha value is -1.95. The molecule has 1 amide bonds. The van der Waals surface area contributed by atoms with Gasteiger partial charge in [0, 0.05) is 20.3 Å². The van der Waals surface area contributed by atoms with Crippen molar-refractivity contribution in [3.63, 3.8) is 0 Å². The first-order chi connectivity index (χ1) is 7.02. The summed E-state index contributed by atoms with van der Waals surface area (Å²) >= 11 is 0. The lowest BCUT2D eigenvalue weighted by Gasteiger charge is -2.11. The SMILES string of the molecule is CN(C)NC(=O)c1ncccc1C(=O)O. The number of hydrazine groups is 1. The second-order valence-electron chi connectivity index (χ2n) is 3.04. The Kier molecular flexibility index (Phi) is 3.35. The van der Waals surface area contributed by atoms with Gasteiger partial charge >= 0.3 is 5.97 Å². The molecule has 1 rings (SSSR count). The predicted molar refractivity (Wildman–Crippen MR) is 52.3 cm³/mol. The largest absolute Gasteiger partial charge is 0.478 e. The fourth-order valence-electron chi connectivity index (χ4n) is 1.01. The van der Waals surface area contributed by atoms with Gasteiger partial charge in [-0.2, -0.15) is 0 Å². The minimum atomic E-state index is -1.17. The van der Waals surface area contributed by atoms with Gasteiger partial charge in [0.1, 0.15) is 5.69 Å². The molecule has 6 heteroatoms. The van der Waals surface area contributed by atoms with Crippen LogP contribution >= 0.6 is 0 Å². The molecule has 6 nitrogen and oxygen atoms in total. The summed E-state index contributed by atoms with van der Waals surface area (Å²) in [6, 6.07) is 2.80. The van der Waals surface area contributed by atoms with E-state index in [2.05, 4.69) is 10.4 Å². The van der Waals surface area contributed by atoms with E-state index in [0.717, 1.165) is 0 Å². The Morgan fingerprint density at radius 3 is 2.67 bits per heavy atom. The van der Waals surface area contributed by atoms with Gasteiger partial charge in [-0.25, -0.2) is 9.80 Å². The predicted octanol–water partition coefficient (Wildman–Crippen LogP) is -0.0138. The van der Waals surface area contributed by atoms with Crippen LogP contribution in [-0.2, 0) is 0 Å². The monoisotopic (exact) mass is 209 g/mol. The van der Waals surface area contributed by atoms with Crippen molar-refractivity contribution in [1.29, 1.82) is 0 Å². The van der Waals surface area contributed by atoms with Crippen molar-refractivity contribution < 1.29 is 14.7 Å². The average molecular weight is 209 g/mol. The fraction of sp³-hybridized carbons (Fsp3) is 0.222. The fourth-order valence-corrected chi connectivity index (χ4v) is 1.01. The number of nitrogens with one attached hydrogen (secondary N) is 1. The zero-order valence-corrected chi connectivity index (χ0v) is 8.39. The van der Waals surface area contributed by atoms with Crippen LogP contribution in [0.25, 0.3) is 0 Å². The Balaban J connectivity index is 3.03. The highest BCUT2D eigenvalue weighted by molar-refractivity contribution is 6.02. The van der Waals surface area contributed by atoms with E-state index < -0.39 is 11.9 Å². The Labute approximate surface area is 86.5 Å². The maximum absolute atomic E-state index is 11.5. The second-order valence-corrected chi connectivity index (χ2v) is 3.04. The summed E-state index contributed by atoms with van der Waals surface area (Å²) in [6.07, 6.45) is 1.37. The van der Waals surface area contributed by atoms with E-state index in [0.29, 0.717) is 0 Å². The molecule has 2 N–H and O–H groups in total. The molecular formula is C9H11N3O3. The van der Waals surface area contributed by atoms with Crippen LogP contribution in [0.2, 0.25) is 0 Å². The summed E-state index contributed by atoms with van der Waals surface area (Å²) in [5.74, 6) is -1.72. The molecule has 0 saturated carbocycles. The number of carbonyl (C=O) groups excluding carboxylic acids is 1. The van der Waals surface area contributed by atoms with E-state index in [1.54, 1.807) is 14.1 Å². The molecule has 0 unspecified atom stereocenters. The summed E-state index contributed by atoms with van der Waals surface area (Å²) in [7, 11) is 3.25. The Bertz CT molecular complexity index is 390. The molecule has 0 fully saturated rings. The van der Waals surface area contributed by atoms with Crippen molar-refractivity contribution in [2.75, 3.05) is 14.1 Å². The number of hydrogen-bond donors (Lipinski definition) is 2. The molecule has 0 aliphatic heterocycles. The van der Waals surface area contributed by atoms with Crippen molar-refractivity contribution in [3.05, 3.63) is 29.6 Å². The number of carboxylic acid groups (broad SMARTS) is 1. The van der Waals surface area contributed by atoms with Gasteiger partial charge in [-0.15, -0.1) is 0 Å². The second kappa shape index (κ2) is 4.52. The summed E-state index contributed by atoms with van der Waals surface area (Å²) in [4.78, 5) is 26.0. The third-order valence-electron chi connectivity index (χ3n) is 1.58. The Morgan fingerprint density at radius 1 is 1.47 bits per heavy atom. The number of carbonyl (C=O) groups is 2. The van der Waals surface area contributed by atoms with E-state index in [-0.39, 0.29) is 11.3 Å². The molecule has 0 radical (unpaired) electrons. The summed E-state index contributed by atoms with van der Waals surface area (Å²) < 4.78 is 0.